The summed E-state index contributed by atoms with van der Waals surface area (Å²) in [5.74, 6) is 0. The molecule has 46 nitrogen and oxygen atoms in total. The van der Waals surface area contributed by atoms with Crippen molar-refractivity contribution in [1.29, 1.82) is 0 Å². The first-order chi connectivity index (χ1) is 51.3. The number of amides is 28. The van der Waals surface area contributed by atoms with Gasteiger partial charge in [-0.05, 0) is 39.2 Å². The van der Waals surface area contributed by atoms with E-state index in [9.17, 15) is 0 Å². The van der Waals surface area contributed by atoms with E-state index in [0.29, 0.717) is 19.5 Å². The highest BCUT2D eigenvalue weighted by atomic mass is 16.3. The van der Waals surface area contributed by atoms with Crippen LogP contribution in [0.15, 0.2) is 6.20 Å². The van der Waals surface area contributed by atoms with Crippen LogP contribution in [0.3, 0.4) is 0 Å². The number of carbonyl (C=O) groups excluding carboxylic acids is 14. The van der Waals surface area contributed by atoms with E-state index in [1.807, 2.05) is 6.20 Å². The van der Waals surface area contributed by atoms with E-state index in [1.54, 1.807) is 11.6 Å². The molecule has 46 heteroatoms. The minimum Gasteiger partial charge on any atom is -0.311 e. The third-order valence-electron chi connectivity index (χ3n) is 27.3. The van der Waals surface area contributed by atoms with Gasteiger partial charge in [0.1, 0.15) is 93.4 Å². The molecule has 0 radical (unpaired) electrons. The molecule has 560 valence electrons. The second-order valence-corrected chi connectivity index (χ2v) is 31.8. The zero-order valence-corrected chi connectivity index (χ0v) is 57.9. The quantitative estimate of drug-likeness (QED) is 0.172. The molecule has 0 bridgehead atoms. The van der Waals surface area contributed by atoms with Crippen molar-refractivity contribution < 1.29 is 67.1 Å². The Hall–Kier alpha value is -11.1. The molecule has 0 spiro atoms. The van der Waals surface area contributed by atoms with E-state index < -0.39 is 263 Å². The molecule has 106 heavy (non-hydrogen) atoms. The molecular weight excluding hydrogens is 1390 g/mol. The molecule has 0 unspecified atom stereocenters. The molecule has 28 amide bonds. The third kappa shape index (κ3) is 6.83. The van der Waals surface area contributed by atoms with Gasteiger partial charge in [0.15, 0.2) is 85.3 Å². The number of rotatable bonds is 16. The maximum atomic E-state index is 16.6. The fraction of sp³-hybridized carbons (Fsp3) is 0.733. The van der Waals surface area contributed by atoms with Crippen LogP contribution in [-0.4, -0.2) is 422 Å². The lowest BCUT2D eigenvalue weighted by Gasteiger charge is -2.52. The molecule has 21 fully saturated rings. The molecule has 1 N–H and O–H groups in total. The van der Waals surface area contributed by atoms with Crippen LogP contribution in [0.4, 0.5) is 67.1 Å². The van der Waals surface area contributed by atoms with Crippen LogP contribution in [0.25, 0.3) is 0 Å². The highest BCUT2D eigenvalue weighted by Gasteiger charge is 2.82. The largest absolute Gasteiger partial charge is 0.326 e. The van der Waals surface area contributed by atoms with Crippen molar-refractivity contribution in [2.45, 2.75) is 183 Å². The fourth-order valence-electron chi connectivity index (χ4n) is 22.5. The molecular formula is C60H76N32O14. The van der Waals surface area contributed by atoms with E-state index in [0.717, 1.165) is 25.1 Å². The van der Waals surface area contributed by atoms with Gasteiger partial charge in [-0.15, -0.1) is 5.10 Å². The van der Waals surface area contributed by atoms with Gasteiger partial charge in [-0.25, -0.2) is 67.1 Å². The van der Waals surface area contributed by atoms with E-state index >= 15 is 67.1 Å². The number of hydrogen-bond donors (Lipinski definition) is 1. The molecule has 21 aliphatic rings. The van der Waals surface area contributed by atoms with Gasteiger partial charge < -0.3 is 5.32 Å². The summed E-state index contributed by atoms with van der Waals surface area (Å²) < 4.78 is 1.72. The molecule has 21 saturated heterocycles. The minimum absolute atomic E-state index is 0.0177. The van der Waals surface area contributed by atoms with Crippen LogP contribution in [0, 0.1) is 0 Å². The standard InChI is InChI=1S/C60H76N32O14/c1-3-4-5-6-7-8-9-11-14-61-16-32-17-64(63-62-32)15-12-10-13-60-59(2)89-28-85-43-41-81(53(85)101)24-77-39-37-73(49(77)97)20-69-35-33-65(45(69)93)18-67-34-36-71(47(67)95)22-75-38-40-79(51(75)99)26-83-42-44(87(55(83)103)30-91(60)57(89)105)88-31-92(60)58(106)90(59)29-86(43)54(102)82(41)25-78(39)50(98)74(37)21-70(35)46(94)66(33)19-68(34)48(96)72(36)23-76(38)52(100)80(40)27-84(42)56(88)104/h17,33-44,61H,3-16,18-31H2,1-2H3. The lowest BCUT2D eigenvalue weighted by molar-refractivity contribution is -0.120. The average molecular weight is 1470 g/mol. The first kappa shape index (κ1) is 61.2. The Balaban J connectivity index is 0.649. The van der Waals surface area contributed by atoms with Crippen molar-refractivity contribution in [2.75, 3.05) is 99.9 Å². The molecule has 1 aromatic heterocycles. The number of aryl methyl sites for hydroxylation is 1. The Morgan fingerprint density at radius 1 is 0.311 bits per heavy atom. The Morgan fingerprint density at radius 2 is 0.557 bits per heavy atom. The predicted molar refractivity (Wildman–Crippen MR) is 340 cm³/mol. The highest BCUT2D eigenvalue weighted by Crippen LogP contribution is 2.59. The lowest BCUT2D eigenvalue weighted by atomic mass is 9.87. The number of hydrogen-bond acceptors (Lipinski definition) is 17. The molecule has 0 saturated carbocycles. The van der Waals surface area contributed by atoms with Crippen molar-refractivity contribution in [1.82, 2.24) is 158 Å². The Morgan fingerprint density at radius 3 is 0.830 bits per heavy atom. The van der Waals surface area contributed by atoms with Gasteiger partial charge in [0.05, 0.1) is 5.69 Å². The molecule has 22 rings (SSSR count). The first-order valence-electron chi connectivity index (χ1n) is 36.9. The zero-order valence-electron chi connectivity index (χ0n) is 57.9. The second kappa shape index (κ2) is 20.1. The number of nitrogens with zero attached hydrogens (tertiary/aromatic N) is 31. The van der Waals surface area contributed by atoms with Crippen molar-refractivity contribution in [2.24, 2.45) is 0 Å². The van der Waals surface area contributed by atoms with E-state index in [-0.39, 0.29) is 12.8 Å². The summed E-state index contributed by atoms with van der Waals surface area (Å²) in [6.45, 7) is -2.01. The fourth-order valence-corrected chi connectivity index (χ4v) is 22.5. The zero-order chi connectivity index (χ0) is 72.0. The lowest BCUT2D eigenvalue weighted by Crippen LogP contribution is -2.72. The minimum atomic E-state index is -1.87. The monoisotopic (exact) mass is 1470 g/mol. The Kier molecular flexibility index (Phi) is 11.6. The Labute approximate surface area is 601 Å². The van der Waals surface area contributed by atoms with Crippen LogP contribution in [0.2, 0.25) is 0 Å². The number of aromatic nitrogens is 3. The normalized spacial score (nSPS) is 35.9. The van der Waals surface area contributed by atoms with Crippen LogP contribution < -0.4 is 5.32 Å². The van der Waals surface area contributed by atoms with E-state index in [1.165, 1.54) is 176 Å². The summed E-state index contributed by atoms with van der Waals surface area (Å²) in [7, 11) is 0. The maximum absolute atomic E-state index is 16.6. The predicted octanol–water partition coefficient (Wildman–Crippen LogP) is -2.16. The van der Waals surface area contributed by atoms with Crippen LogP contribution in [0.5, 0.6) is 0 Å². The first-order valence-corrected chi connectivity index (χ1v) is 36.9. The van der Waals surface area contributed by atoms with Crippen molar-refractivity contribution in [3.8, 4) is 0 Å². The summed E-state index contributed by atoms with van der Waals surface area (Å²) in [4.78, 5) is 260. The number of nitrogens with one attached hydrogen (secondary N) is 1. The number of unbranched alkanes of at least 4 members (excludes halogenated alkanes) is 8. The van der Waals surface area contributed by atoms with Gasteiger partial charge in [0.2, 0.25) is 0 Å². The average Bonchev–Trinajstić information content (AvgIpc) is 1.48. The van der Waals surface area contributed by atoms with Gasteiger partial charge >= 0.3 is 84.4 Å². The van der Waals surface area contributed by atoms with Crippen LogP contribution in [0.1, 0.15) is 90.2 Å². The van der Waals surface area contributed by atoms with Crippen molar-refractivity contribution >= 4 is 84.4 Å². The summed E-state index contributed by atoms with van der Waals surface area (Å²) in [6, 6.07) is -10.1. The molecule has 0 aromatic carbocycles. The van der Waals surface area contributed by atoms with Gasteiger partial charge in [0, 0.05) is 19.3 Å². The van der Waals surface area contributed by atoms with E-state index in [4.69, 9.17) is 0 Å². The molecule has 1 aromatic rings. The third-order valence-corrected chi connectivity index (χ3v) is 27.3. The van der Waals surface area contributed by atoms with E-state index in [2.05, 4.69) is 22.6 Å². The second-order valence-electron chi connectivity index (χ2n) is 31.8. The van der Waals surface area contributed by atoms with Gasteiger partial charge in [-0.2, -0.15) is 0 Å². The summed E-state index contributed by atoms with van der Waals surface area (Å²) in [6.07, 6.45) is -3.12. The highest BCUT2D eigenvalue weighted by molar-refractivity contribution is 5.96. The molecule has 22 heterocycles. The van der Waals surface area contributed by atoms with Gasteiger partial charge in [0.25, 0.3) is 0 Å². The summed E-state index contributed by atoms with van der Waals surface area (Å²) in [5, 5.41) is 12.4. The SMILES string of the molecule is CCCCCCCCCCNCc1cn(CCCCC23N4CN5C(=O)N6CN7C(=O)N8CN9C(=O)N%10CN%11C(=O)N%12CN%13C(=O)N%14CN%15C(=O)N%16CN(C4=O)C2(C)N2CN4C(=O)N(CN%17C(=O)N(CN%18C(=O)N(CN%19C(=O)N(CN%20C(=O)N(CN%21C(=O)N(CN3C2=O)C5C6%21)C7C8%20)C9C%10%19)C%11C%12%18)C%13C%14%17)C%15C%164)nn1. The van der Waals surface area contributed by atoms with Crippen LogP contribution in [-0.2, 0) is 13.1 Å². The number of urea groups is 14. The van der Waals surface area contributed by atoms with Crippen molar-refractivity contribution in [3.63, 3.8) is 0 Å². The molecule has 0 atom stereocenters. The summed E-state index contributed by atoms with van der Waals surface area (Å²) >= 11 is 0. The van der Waals surface area contributed by atoms with Gasteiger partial charge in [-0.1, -0.05) is 57.1 Å². The van der Waals surface area contributed by atoms with Gasteiger partial charge in [-0.3, -0.25) is 142 Å². The topological polar surface area (TPSA) is 372 Å². The maximum Gasteiger partial charge on any atom is 0.326 e. The van der Waals surface area contributed by atoms with Crippen LogP contribution >= 0.6 is 0 Å². The molecule has 0 aliphatic carbocycles. The Bertz CT molecular complexity index is 4110. The van der Waals surface area contributed by atoms with Crippen molar-refractivity contribution in [3.05, 3.63) is 11.9 Å². The number of carbonyl (C=O) groups is 14. The smallest absolute Gasteiger partial charge is 0.311 e. The summed E-state index contributed by atoms with van der Waals surface area (Å²) in [5.41, 5.74) is -2.99. The molecule has 21 aliphatic heterocycles.